The predicted molar refractivity (Wildman–Crippen MR) is 94.1 cm³/mol. The Morgan fingerprint density at radius 3 is 2.21 bits per heavy atom. The molecule has 0 radical (unpaired) electrons. The number of sulfone groups is 1. The molecule has 0 bridgehead atoms. The minimum Gasteiger partial charge on any atom is -0.497 e. The molecular weight excluding hydrogens is 348 g/mol. The first-order valence-corrected chi connectivity index (χ1v) is 9.39. The molecule has 5 nitrogen and oxygen atoms in total. The maximum Gasteiger partial charge on any atom is 0.183 e. The minimum absolute atomic E-state index is 0.0845. The number of rotatable bonds is 5. The molecule has 3 atom stereocenters. The first kappa shape index (κ1) is 17.2. The molecule has 2 aromatic carbocycles. The van der Waals surface area contributed by atoms with Gasteiger partial charge in [0.1, 0.15) is 5.75 Å². The largest absolute Gasteiger partial charge is 0.497 e. The molecule has 3 rings (SSSR count). The van der Waals surface area contributed by atoms with Crippen LogP contribution in [0.4, 0.5) is 0 Å². The molecule has 1 aliphatic rings. The number of ether oxygens (including phenoxy) is 1. The van der Waals surface area contributed by atoms with Crippen molar-refractivity contribution in [1.29, 1.82) is 0 Å². The van der Waals surface area contributed by atoms with Crippen molar-refractivity contribution in [2.75, 3.05) is 13.7 Å². The number of hydrogen-bond acceptors (Lipinski definition) is 5. The molecule has 1 fully saturated rings. The Balaban J connectivity index is 1.98. The average Bonchev–Trinajstić information content (AvgIpc) is 3.23. The van der Waals surface area contributed by atoms with E-state index in [2.05, 4.69) is 0 Å². The number of nitrogens with two attached hydrogens (primary N) is 2. The van der Waals surface area contributed by atoms with Gasteiger partial charge in [-0.15, -0.1) is 0 Å². The molecule has 24 heavy (non-hydrogen) atoms. The van der Waals surface area contributed by atoms with E-state index in [1.807, 2.05) is 12.1 Å². The summed E-state index contributed by atoms with van der Waals surface area (Å²) >= 11 is 5.84. The van der Waals surface area contributed by atoms with E-state index < -0.39 is 20.6 Å². The van der Waals surface area contributed by atoms with Gasteiger partial charge in [-0.05, 0) is 42.0 Å². The molecule has 2 aromatic rings. The SMILES string of the molecule is COc1ccc(C2C(S(=O)(=O)c3ccc(Cl)cc3)C2(N)CN)cc1. The summed E-state index contributed by atoms with van der Waals surface area (Å²) in [5.41, 5.74) is 12.0. The van der Waals surface area contributed by atoms with Gasteiger partial charge < -0.3 is 16.2 Å². The molecule has 1 aliphatic carbocycles. The highest BCUT2D eigenvalue weighted by atomic mass is 35.5. The lowest BCUT2D eigenvalue weighted by Crippen LogP contribution is -2.39. The second-order valence-electron chi connectivity index (χ2n) is 5.99. The number of halogens is 1. The number of methoxy groups -OCH3 is 1. The maximum atomic E-state index is 13.0. The van der Waals surface area contributed by atoms with E-state index in [9.17, 15) is 8.42 Å². The summed E-state index contributed by atoms with van der Waals surface area (Å²) in [5, 5.41) is -0.279. The molecular formula is C17H19ClN2O3S. The second kappa shape index (κ2) is 6.04. The van der Waals surface area contributed by atoms with Crippen molar-refractivity contribution >= 4 is 21.4 Å². The molecule has 1 saturated carbocycles. The fourth-order valence-corrected chi connectivity index (χ4v) is 5.65. The zero-order valence-corrected chi connectivity index (χ0v) is 14.7. The van der Waals surface area contributed by atoms with Crippen molar-refractivity contribution in [3.05, 3.63) is 59.1 Å². The molecule has 0 aliphatic heterocycles. The van der Waals surface area contributed by atoms with E-state index in [0.29, 0.717) is 10.8 Å². The van der Waals surface area contributed by atoms with Crippen LogP contribution in [0.3, 0.4) is 0 Å². The summed E-state index contributed by atoms with van der Waals surface area (Å²) in [6.07, 6.45) is 0. The van der Waals surface area contributed by atoms with Gasteiger partial charge in [0.2, 0.25) is 0 Å². The smallest absolute Gasteiger partial charge is 0.183 e. The Hall–Kier alpha value is -1.60. The molecule has 0 aromatic heterocycles. The third-order valence-corrected chi connectivity index (χ3v) is 7.17. The first-order valence-electron chi connectivity index (χ1n) is 7.47. The van der Waals surface area contributed by atoms with Crippen LogP contribution < -0.4 is 16.2 Å². The van der Waals surface area contributed by atoms with Crippen molar-refractivity contribution in [2.24, 2.45) is 11.5 Å². The van der Waals surface area contributed by atoms with Gasteiger partial charge in [0.25, 0.3) is 0 Å². The molecule has 4 N–H and O–H groups in total. The summed E-state index contributed by atoms with van der Waals surface area (Å²) in [6.45, 7) is 0.0845. The molecule has 0 spiro atoms. The highest BCUT2D eigenvalue weighted by Gasteiger charge is 2.68. The van der Waals surface area contributed by atoms with Crippen LogP contribution in [0.5, 0.6) is 5.75 Å². The van der Waals surface area contributed by atoms with Crippen LogP contribution >= 0.6 is 11.6 Å². The third kappa shape index (κ3) is 2.69. The summed E-state index contributed by atoms with van der Waals surface area (Å²) in [5.74, 6) is 0.348. The van der Waals surface area contributed by atoms with Crippen LogP contribution in [0, 0.1) is 0 Å². The lowest BCUT2D eigenvalue weighted by Gasteiger charge is -2.09. The summed E-state index contributed by atoms with van der Waals surface area (Å²) in [7, 11) is -2.03. The fourth-order valence-electron chi connectivity index (χ4n) is 3.20. The molecule has 0 heterocycles. The Morgan fingerprint density at radius 1 is 1.12 bits per heavy atom. The van der Waals surface area contributed by atoms with Crippen LogP contribution in [0.1, 0.15) is 11.5 Å². The van der Waals surface area contributed by atoms with Crippen LogP contribution in [-0.4, -0.2) is 32.9 Å². The minimum atomic E-state index is -3.61. The zero-order chi connectivity index (χ0) is 17.5. The van der Waals surface area contributed by atoms with E-state index in [1.165, 1.54) is 12.1 Å². The van der Waals surface area contributed by atoms with Crippen molar-refractivity contribution in [3.8, 4) is 5.75 Å². The van der Waals surface area contributed by atoms with Crippen molar-refractivity contribution < 1.29 is 13.2 Å². The predicted octanol–water partition coefficient (Wildman–Crippen LogP) is 1.94. The van der Waals surface area contributed by atoms with Crippen LogP contribution in [0.15, 0.2) is 53.4 Å². The first-order chi connectivity index (χ1) is 11.3. The quantitative estimate of drug-likeness (QED) is 0.843. The van der Waals surface area contributed by atoms with E-state index in [1.54, 1.807) is 31.4 Å². The monoisotopic (exact) mass is 366 g/mol. The Kier molecular flexibility index (Phi) is 4.34. The lowest BCUT2D eigenvalue weighted by atomic mass is 10.1. The molecule has 0 saturated heterocycles. The normalized spacial score (nSPS) is 26.2. The zero-order valence-electron chi connectivity index (χ0n) is 13.1. The van der Waals surface area contributed by atoms with Gasteiger partial charge in [0.05, 0.1) is 22.8 Å². The highest BCUT2D eigenvalue weighted by Crippen LogP contribution is 2.55. The Morgan fingerprint density at radius 2 is 1.71 bits per heavy atom. The number of benzene rings is 2. The molecule has 7 heteroatoms. The fraction of sp³-hybridized carbons (Fsp3) is 0.294. The van der Waals surface area contributed by atoms with E-state index in [-0.39, 0.29) is 17.4 Å². The second-order valence-corrected chi connectivity index (χ2v) is 8.49. The topological polar surface area (TPSA) is 95.4 Å². The summed E-state index contributed by atoms with van der Waals surface area (Å²) < 4.78 is 31.1. The van der Waals surface area contributed by atoms with Gasteiger partial charge in [0, 0.05) is 17.5 Å². The lowest BCUT2D eigenvalue weighted by molar-refractivity contribution is 0.414. The van der Waals surface area contributed by atoms with Gasteiger partial charge in [-0.2, -0.15) is 0 Å². The van der Waals surface area contributed by atoms with Crippen molar-refractivity contribution in [3.63, 3.8) is 0 Å². The third-order valence-electron chi connectivity index (χ3n) is 4.61. The van der Waals surface area contributed by atoms with E-state index >= 15 is 0 Å². The van der Waals surface area contributed by atoms with E-state index in [0.717, 1.165) is 5.56 Å². The standard InChI is InChI=1S/C17H19ClN2O3S/c1-23-13-6-2-11(3-7-13)15-16(17(15,20)10-19)24(21,22)14-8-4-12(18)5-9-14/h2-9,15-16H,10,19-20H2,1H3. The van der Waals surface area contributed by atoms with Crippen LogP contribution in [0.2, 0.25) is 5.02 Å². The van der Waals surface area contributed by atoms with E-state index in [4.69, 9.17) is 27.8 Å². The van der Waals surface area contributed by atoms with Gasteiger partial charge in [-0.3, -0.25) is 0 Å². The maximum absolute atomic E-state index is 13.0. The average molecular weight is 367 g/mol. The summed E-state index contributed by atoms with van der Waals surface area (Å²) in [4.78, 5) is 0.205. The van der Waals surface area contributed by atoms with Crippen molar-refractivity contribution in [1.82, 2.24) is 0 Å². The van der Waals surface area contributed by atoms with Crippen LogP contribution in [0.25, 0.3) is 0 Å². The summed E-state index contributed by atoms with van der Waals surface area (Å²) in [6, 6.07) is 13.3. The van der Waals surface area contributed by atoms with Crippen LogP contribution in [-0.2, 0) is 9.84 Å². The number of hydrogen-bond donors (Lipinski definition) is 2. The van der Waals surface area contributed by atoms with Gasteiger partial charge in [0.15, 0.2) is 9.84 Å². The highest BCUT2D eigenvalue weighted by molar-refractivity contribution is 7.92. The van der Waals surface area contributed by atoms with Gasteiger partial charge in [-0.1, -0.05) is 23.7 Å². The Bertz CT molecular complexity index is 837. The van der Waals surface area contributed by atoms with Gasteiger partial charge >= 0.3 is 0 Å². The van der Waals surface area contributed by atoms with Gasteiger partial charge in [-0.25, -0.2) is 8.42 Å². The molecule has 128 valence electrons. The molecule has 3 unspecified atom stereocenters. The Labute approximate surface area is 146 Å². The molecule has 0 amide bonds. The van der Waals surface area contributed by atoms with Crippen molar-refractivity contribution in [2.45, 2.75) is 21.6 Å².